The molecule has 0 saturated carbocycles. The summed E-state index contributed by atoms with van der Waals surface area (Å²) < 4.78 is 5.44. The fourth-order valence-corrected chi connectivity index (χ4v) is 4.64. The number of carbonyl (C=O) groups excluding carboxylic acids is 1. The molecule has 1 aliphatic heterocycles. The zero-order valence-corrected chi connectivity index (χ0v) is 16.3. The van der Waals surface area contributed by atoms with E-state index >= 15 is 0 Å². The van der Waals surface area contributed by atoms with Crippen LogP contribution in [0.15, 0.2) is 36.4 Å². The van der Waals surface area contributed by atoms with Crippen molar-refractivity contribution in [2.24, 2.45) is 0 Å². The van der Waals surface area contributed by atoms with Crippen LogP contribution in [0.3, 0.4) is 0 Å². The number of rotatable bonds is 2. The summed E-state index contributed by atoms with van der Waals surface area (Å²) in [7, 11) is 0. The van der Waals surface area contributed by atoms with E-state index in [2.05, 4.69) is 64.1 Å². The zero-order valence-electron chi connectivity index (χ0n) is 16.3. The fourth-order valence-electron chi connectivity index (χ4n) is 4.64. The first-order chi connectivity index (χ1) is 12.4. The summed E-state index contributed by atoms with van der Waals surface area (Å²) in [6, 6.07) is 13.9. The van der Waals surface area contributed by atoms with Gasteiger partial charge in [0.15, 0.2) is 0 Å². The lowest BCUT2D eigenvalue weighted by atomic mass is 9.71. The molecule has 0 unspecified atom stereocenters. The average molecular weight is 348 g/mol. The number of hydrogen-bond acceptors (Lipinski definition) is 2. The highest BCUT2D eigenvalue weighted by Gasteiger charge is 2.44. The molecule has 2 aromatic rings. The predicted molar refractivity (Wildman–Crippen MR) is 106 cm³/mol. The van der Waals surface area contributed by atoms with Gasteiger partial charge in [-0.3, -0.25) is 4.79 Å². The van der Waals surface area contributed by atoms with E-state index in [4.69, 9.17) is 4.74 Å². The molecule has 2 aromatic carbocycles. The predicted octanol–water partition coefficient (Wildman–Crippen LogP) is 5.93. The van der Waals surface area contributed by atoms with Crippen LogP contribution in [0.5, 0.6) is 0 Å². The molecule has 2 heteroatoms. The highest BCUT2D eigenvalue weighted by atomic mass is 16.5. The third-order valence-corrected chi connectivity index (χ3v) is 6.29. The number of benzene rings is 2. The van der Waals surface area contributed by atoms with Crippen molar-refractivity contribution in [2.45, 2.75) is 64.2 Å². The lowest BCUT2D eigenvalue weighted by Gasteiger charge is -2.31. The first-order valence-corrected chi connectivity index (χ1v) is 9.87. The second-order valence-electron chi connectivity index (χ2n) is 8.47. The number of esters is 1. The van der Waals surface area contributed by atoms with Gasteiger partial charge in [-0.2, -0.15) is 0 Å². The van der Waals surface area contributed by atoms with Crippen molar-refractivity contribution in [3.63, 3.8) is 0 Å². The van der Waals surface area contributed by atoms with Crippen molar-refractivity contribution in [3.8, 4) is 11.1 Å². The van der Waals surface area contributed by atoms with Crippen molar-refractivity contribution in [1.29, 1.82) is 0 Å². The Morgan fingerprint density at radius 1 is 0.846 bits per heavy atom. The van der Waals surface area contributed by atoms with Gasteiger partial charge in [-0.05, 0) is 58.1 Å². The topological polar surface area (TPSA) is 26.3 Å². The molecule has 0 atom stereocenters. The summed E-state index contributed by atoms with van der Waals surface area (Å²) in [6.45, 7) is 9.48. The van der Waals surface area contributed by atoms with Gasteiger partial charge in [0.05, 0.1) is 6.61 Å². The first kappa shape index (κ1) is 17.3. The van der Waals surface area contributed by atoms with Crippen molar-refractivity contribution < 1.29 is 9.53 Å². The molecule has 26 heavy (non-hydrogen) atoms. The number of carbonyl (C=O) groups is 1. The number of hydrogen-bond donors (Lipinski definition) is 0. The maximum atomic E-state index is 12.0. The molecule has 2 nitrogen and oxygen atoms in total. The third kappa shape index (κ3) is 2.58. The largest absolute Gasteiger partial charge is 0.466 e. The van der Waals surface area contributed by atoms with E-state index in [9.17, 15) is 4.79 Å². The number of cyclic esters (lactones) is 1. The van der Waals surface area contributed by atoms with E-state index in [1.165, 1.54) is 33.4 Å². The monoisotopic (exact) mass is 348 g/mol. The Morgan fingerprint density at radius 2 is 1.38 bits per heavy atom. The molecule has 1 aliphatic carbocycles. The number of fused-ring (bicyclic) bond motifs is 5. The van der Waals surface area contributed by atoms with Crippen LogP contribution in [-0.2, 0) is 14.9 Å². The van der Waals surface area contributed by atoms with E-state index < -0.39 is 0 Å². The Hall–Kier alpha value is -2.09. The molecule has 0 aromatic heterocycles. The van der Waals surface area contributed by atoms with Gasteiger partial charge < -0.3 is 4.74 Å². The summed E-state index contributed by atoms with van der Waals surface area (Å²) in [5, 5.41) is 0. The highest BCUT2D eigenvalue weighted by Crippen LogP contribution is 2.54. The molecule has 4 rings (SSSR count). The average Bonchev–Trinajstić information content (AvgIpc) is 2.73. The minimum absolute atomic E-state index is 0.0584. The molecule has 1 heterocycles. The summed E-state index contributed by atoms with van der Waals surface area (Å²) in [5.74, 6) is 0.934. The zero-order chi connectivity index (χ0) is 18.5. The molecular formula is C24H28O2. The second-order valence-corrected chi connectivity index (χ2v) is 8.47. The summed E-state index contributed by atoms with van der Waals surface area (Å²) >= 11 is 0. The second kappa shape index (κ2) is 6.26. The lowest BCUT2D eigenvalue weighted by molar-refractivity contribution is -0.142. The lowest BCUT2D eigenvalue weighted by Crippen LogP contribution is -2.26. The molecule has 0 amide bonds. The third-order valence-electron chi connectivity index (χ3n) is 6.29. The van der Waals surface area contributed by atoms with E-state index in [-0.39, 0.29) is 11.4 Å². The van der Waals surface area contributed by atoms with Crippen molar-refractivity contribution in [1.82, 2.24) is 0 Å². The first-order valence-electron chi connectivity index (χ1n) is 9.87. The van der Waals surface area contributed by atoms with Gasteiger partial charge in [0.1, 0.15) is 0 Å². The normalized spacial score (nSPS) is 18.0. The quantitative estimate of drug-likeness (QED) is 0.629. The maximum absolute atomic E-state index is 12.0. The molecule has 1 fully saturated rings. The van der Waals surface area contributed by atoms with Crippen molar-refractivity contribution in [3.05, 3.63) is 58.7 Å². The van der Waals surface area contributed by atoms with Gasteiger partial charge in [0.25, 0.3) is 0 Å². The van der Waals surface area contributed by atoms with Crippen LogP contribution >= 0.6 is 0 Å². The molecular weight excluding hydrogens is 320 g/mol. The van der Waals surface area contributed by atoms with Crippen LogP contribution in [0.4, 0.5) is 0 Å². The van der Waals surface area contributed by atoms with Gasteiger partial charge in [0.2, 0.25) is 0 Å². The van der Waals surface area contributed by atoms with E-state index in [0.29, 0.717) is 24.9 Å². The van der Waals surface area contributed by atoms with Gasteiger partial charge in [0, 0.05) is 11.8 Å². The Bertz CT molecular complexity index is 803. The Balaban J connectivity index is 1.96. The van der Waals surface area contributed by atoms with Gasteiger partial charge in [-0.1, -0.05) is 64.1 Å². The molecule has 1 saturated heterocycles. The van der Waals surface area contributed by atoms with Crippen LogP contribution in [0.25, 0.3) is 11.1 Å². The smallest absolute Gasteiger partial charge is 0.305 e. The van der Waals surface area contributed by atoms with E-state index in [1.54, 1.807) is 0 Å². The molecule has 0 bridgehead atoms. The van der Waals surface area contributed by atoms with Crippen LogP contribution in [0, 0.1) is 0 Å². The maximum Gasteiger partial charge on any atom is 0.305 e. The summed E-state index contributed by atoms with van der Waals surface area (Å²) in [4.78, 5) is 12.0. The minimum Gasteiger partial charge on any atom is -0.466 e. The number of ether oxygens (including phenoxy) is 1. The highest BCUT2D eigenvalue weighted by molar-refractivity contribution is 5.82. The van der Waals surface area contributed by atoms with E-state index in [0.717, 1.165) is 12.8 Å². The standard InChI is InChI=1S/C24H28O2/c1-15(2)17-5-7-19-20-8-6-18(16(3)4)14-22(20)24(21(19)13-17)10-9-23(25)26-12-11-24/h5-8,13-16H,9-12H2,1-4H3. The van der Waals surface area contributed by atoms with Gasteiger partial charge in [-0.25, -0.2) is 0 Å². The van der Waals surface area contributed by atoms with Gasteiger partial charge in [-0.15, -0.1) is 0 Å². The molecule has 2 aliphatic rings. The summed E-state index contributed by atoms with van der Waals surface area (Å²) in [6.07, 6.45) is 2.22. The van der Waals surface area contributed by atoms with Crippen LogP contribution in [-0.4, -0.2) is 12.6 Å². The van der Waals surface area contributed by atoms with Gasteiger partial charge >= 0.3 is 5.97 Å². The SMILES string of the molecule is CC(C)c1ccc2c(c1)C1(CCOC(=O)CC1)c1cc(C(C)C)ccc1-2. The Kier molecular flexibility index (Phi) is 4.17. The molecule has 0 N–H and O–H groups in total. The molecule has 1 spiro atoms. The summed E-state index contributed by atoms with van der Waals surface area (Å²) in [5.41, 5.74) is 8.14. The molecule has 136 valence electrons. The van der Waals surface area contributed by atoms with Crippen molar-refractivity contribution in [2.75, 3.05) is 6.61 Å². The molecule has 0 radical (unpaired) electrons. The van der Waals surface area contributed by atoms with Crippen LogP contribution < -0.4 is 0 Å². The fraction of sp³-hybridized carbons (Fsp3) is 0.458. The van der Waals surface area contributed by atoms with Crippen LogP contribution in [0.1, 0.15) is 81.0 Å². The van der Waals surface area contributed by atoms with E-state index in [1.807, 2.05) is 0 Å². The Morgan fingerprint density at radius 3 is 1.88 bits per heavy atom. The Labute approximate surface area is 156 Å². The minimum atomic E-state index is -0.0906. The van der Waals surface area contributed by atoms with Crippen LogP contribution in [0.2, 0.25) is 0 Å². The van der Waals surface area contributed by atoms with Crippen molar-refractivity contribution >= 4 is 5.97 Å².